The minimum absolute atomic E-state index is 0.0124. The van der Waals surface area contributed by atoms with E-state index in [1.54, 1.807) is 22.9 Å². The number of rotatable bonds is 4. The van der Waals surface area contributed by atoms with Gasteiger partial charge >= 0.3 is 5.97 Å². The number of nitrogens with one attached hydrogen (secondary N) is 1. The van der Waals surface area contributed by atoms with Gasteiger partial charge < -0.3 is 15.0 Å². The van der Waals surface area contributed by atoms with E-state index in [0.29, 0.717) is 21.7 Å². The lowest BCUT2D eigenvalue weighted by Crippen LogP contribution is -2.18. The van der Waals surface area contributed by atoms with Crippen molar-refractivity contribution in [2.24, 2.45) is 0 Å². The Morgan fingerprint density at radius 3 is 2.71 bits per heavy atom. The summed E-state index contributed by atoms with van der Waals surface area (Å²) >= 11 is 9.10. The number of halogens is 2. The van der Waals surface area contributed by atoms with Gasteiger partial charge in [-0.1, -0.05) is 27.5 Å². The fourth-order valence-corrected chi connectivity index (χ4v) is 2.50. The van der Waals surface area contributed by atoms with E-state index in [1.165, 1.54) is 12.1 Å². The van der Waals surface area contributed by atoms with Crippen molar-refractivity contribution >= 4 is 45.1 Å². The predicted molar refractivity (Wildman–Crippen MR) is 84.2 cm³/mol. The maximum absolute atomic E-state index is 12.3. The molecule has 21 heavy (non-hydrogen) atoms. The lowest BCUT2D eigenvalue weighted by molar-refractivity contribution is 0.0698. The summed E-state index contributed by atoms with van der Waals surface area (Å²) in [6, 6.07) is 6.17. The van der Waals surface area contributed by atoms with E-state index in [4.69, 9.17) is 11.6 Å². The summed E-state index contributed by atoms with van der Waals surface area (Å²) in [5.41, 5.74) is 0.621. The van der Waals surface area contributed by atoms with Gasteiger partial charge in [-0.15, -0.1) is 0 Å². The molecular weight excluding hydrogens is 360 g/mol. The van der Waals surface area contributed by atoms with Crippen LogP contribution in [0.5, 0.6) is 0 Å². The number of carbonyl (C=O) groups is 2. The Labute approximate surface area is 134 Å². The number of amides is 1. The molecule has 2 rings (SSSR count). The number of aryl methyl sites for hydroxylation is 1. The third kappa shape index (κ3) is 3.46. The molecule has 0 bridgehead atoms. The van der Waals surface area contributed by atoms with Gasteiger partial charge in [-0.05, 0) is 31.2 Å². The fourth-order valence-electron chi connectivity index (χ4n) is 1.92. The molecule has 0 saturated carbocycles. The van der Waals surface area contributed by atoms with Crippen LogP contribution in [0, 0.1) is 0 Å². The van der Waals surface area contributed by atoms with Gasteiger partial charge in [-0.2, -0.15) is 0 Å². The highest BCUT2D eigenvalue weighted by Crippen LogP contribution is 2.22. The van der Waals surface area contributed by atoms with E-state index in [9.17, 15) is 14.7 Å². The molecule has 5 nitrogen and oxygen atoms in total. The van der Waals surface area contributed by atoms with E-state index >= 15 is 0 Å². The maximum atomic E-state index is 12.3. The number of aromatic carboxylic acids is 1. The molecule has 2 N–H and O–H groups in total. The van der Waals surface area contributed by atoms with Crippen LogP contribution in [0.2, 0.25) is 5.02 Å². The Kier molecular flexibility index (Phi) is 4.69. The van der Waals surface area contributed by atoms with Crippen LogP contribution in [0.1, 0.15) is 27.8 Å². The summed E-state index contributed by atoms with van der Waals surface area (Å²) < 4.78 is 2.31. The first kappa shape index (κ1) is 15.6. The number of hydrogen-bond acceptors (Lipinski definition) is 2. The standard InChI is InChI=1S/C14H12BrClN2O3/c1-2-18-7-9(16)6-12(18)13(19)17-11-4-3-8(15)5-10(11)14(20)21/h3-7H,2H2,1H3,(H,17,19)(H,20,21). The first-order valence-corrected chi connectivity index (χ1v) is 7.29. The largest absolute Gasteiger partial charge is 0.478 e. The average Bonchev–Trinajstić information content (AvgIpc) is 2.81. The lowest BCUT2D eigenvalue weighted by atomic mass is 10.1. The SMILES string of the molecule is CCn1cc(Cl)cc1C(=O)Nc1ccc(Br)cc1C(=O)O. The van der Waals surface area contributed by atoms with Crippen LogP contribution < -0.4 is 5.32 Å². The number of benzene rings is 1. The third-order valence-electron chi connectivity index (χ3n) is 2.90. The lowest BCUT2D eigenvalue weighted by Gasteiger charge is -2.10. The van der Waals surface area contributed by atoms with Crippen LogP contribution in [0.15, 0.2) is 34.9 Å². The van der Waals surface area contributed by atoms with Gasteiger partial charge in [0.2, 0.25) is 0 Å². The highest BCUT2D eigenvalue weighted by molar-refractivity contribution is 9.10. The van der Waals surface area contributed by atoms with Crippen molar-refractivity contribution in [2.75, 3.05) is 5.32 Å². The third-order valence-corrected chi connectivity index (χ3v) is 3.60. The second kappa shape index (κ2) is 6.32. The topological polar surface area (TPSA) is 71.3 Å². The molecule has 0 aliphatic carbocycles. The number of carbonyl (C=O) groups excluding carboxylic acids is 1. The van der Waals surface area contributed by atoms with E-state index in [0.717, 1.165) is 0 Å². The summed E-state index contributed by atoms with van der Waals surface area (Å²) in [6.07, 6.45) is 1.65. The minimum atomic E-state index is -1.12. The Morgan fingerprint density at radius 2 is 2.10 bits per heavy atom. The predicted octanol–water partition coefficient (Wildman–Crippen LogP) is 3.87. The van der Waals surface area contributed by atoms with E-state index < -0.39 is 11.9 Å². The molecule has 0 unspecified atom stereocenters. The highest BCUT2D eigenvalue weighted by atomic mass is 79.9. The highest BCUT2D eigenvalue weighted by Gasteiger charge is 2.17. The zero-order valence-electron chi connectivity index (χ0n) is 11.1. The van der Waals surface area contributed by atoms with Crippen molar-refractivity contribution in [2.45, 2.75) is 13.5 Å². The summed E-state index contributed by atoms with van der Waals surface area (Å²) in [5.74, 6) is -1.52. The van der Waals surface area contributed by atoms with Gasteiger partial charge in [-0.3, -0.25) is 4.79 Å². The number of hydrogen-bond donors (Lipinski definition) is 2. The molecule has 0 aliphatic heterocycles. The van der Waals surface area contributed by atoms with Crippen LogP contribution in [-0.4, -0.2) is 21.6 Å². The Hall–Kier alpha value is -1.79. The van der Waals surface area contributed by atoms with Gasteiger partial charge in [0.15, 0.2) is 0 Å². The van der Waals surface area contributed by atoms with E-state index in [-0.39, 0.29) is 11.3 Å². The summed E-state index contributed by atoms with van der Waals surface area (Å²) in [4.78, 5) is 23.5. The molecule has 1 aromatic heterocycles. The van der Waals surface area contributed by atoms with Gasteiger partial charge in [0, 0.05) is 17.2 Å². The number of carboxylic acids is 1. The van der Waals surface area contributed by atoms with Crippen LogP contribution in [0.25, 0.3) is 0 Å². The van der Waals surface area contributed by atoms with Gasteiger partial charge in [-0.25, -0.2) is 4.79 Å². The van der Waals surface area contributed by atoms with Crippen LogP contribution in [0.4, 0.5) is 5.69 Å². The second-order valence-electron chi connectivity index (χ2n) is 4.28. The number of anilines is 1. The first-order valence-electron chi connectivity index (χ1n) is 6.12. The molecule has 0 saturated heterocycles. The van der Waals surface area contributed by atoms with Crippen LogP contribution >= 0.6 is 27.5 Å². The molecule has 7 heteroatoms. The smallest absolute Gasteiger partial charge is 0.337 e. The zero-order valence-corrected chi connectivity index (χ0v) is 13.4. The fraction of sp³-hybridized carbons (Fsp3) is 0.143. The molecule has 1 amide bonds. The number of nitrogens with zero attached hydrogens (tertiary/aromatic N) is 1. The quantitative estimate of drug-likeness (QED) is 0.857. The van der Waals surface area contributed by atoms with Crippen LogP contribution in [0.3, 0.4) is 0 Å². The molecule has 1 heterocycles. The molecule has 110 valence electrons. The molecule has 0 fully saturated rings. The summed E-state index contributed by atoms with van der Waals surface area (Å²) in [7, 11) is 0. The van der Waals surface area contributed by atoms with Crippen molar-refractivity contribution < 1.29 is 14.7 Å². The molecule has 2 aromatic rings. The summed E-state index contributed by atoms with van der Waals surface area (Å²) in [5, 5.41) is 12.2. The zero-order chi connectivity index (χ0) is 15.6. The van der Waals surface area contributed by atoms with Crippen molar-refractivity contribution in [3.8, 4) is 0 Å². The van der Waals surface area contributed by atoms with E-state index in [1.807, 2.05) is 6.92 Å². The molecule has 0 atom stereocenters. The van der Waals surface area contributed by atoms with Crippen molar-refractivity contribution in [1.82, 2.24) is 4.57 Å². The Morgan fingerprint density at radius 1 is 1.38 bits per heavy atom. The van der Waals surface area contributed by atoms with Crippen molar-refractivity contribution in [3.05, 3.63) is 51.2 Å². The monoisotopic (exact) mass is 370 g/mol. The van der Waals surface area contributed by atoms with Gasteiger partial charge in [0.05, 0.1) is 16.3 Å². The van der Waals surface area contributed by atoms with Crippen molar-refractivity contribution in [3.63, 3.8) is 0 Å². The Balaban J connectivity index is 2.33. The van der Waals surface area contributed by atoms with Crippen LogP contribution in [-0.2, 0) is 6.54 Å². The molecule has 0 aliphatic rings. The first-order chi connectivity index (χ1) is 9.92. The van der Waals surface area contributed by atoms with E-state index in [2.05, 4.69) is 21.2 Å². The van der Waals surface area contributed by atoms with Gasteiger partial charge in [0.1, 0.15) is 5.69 Å². The number of aromatic nitrogens is 1. The second-order valence-corrected chi connectivity index (χ2v) is 5.63. The summed E-state index contributed by atoms with van der Waals surface area (Å²) in [6.45, 7) is 2.47. The average molecular weight is 372 g/mol. The molecule has 1 aromatic carbocycles. The van der Waals surface area contributed by atoms with Gasteiger partial charge in [0.25, 0.3) is 5.91 Å². The minimum Gasteiger partial charge on any atom is -0.478 e. The normalized spacial score (nSPS) is 10.4. The number of carboxylic acid groups (broad SMARTS) is 1. The van der Waals surface area contributed by atoms with Crippen molar-refractivity contribution in [1.29, 1.82) is 0 Å². The molecular formula is C14H12BrClN2O3. The molecule has 0 spiro atoms. The maximum Gasteiger partial charge on any atom is 0.337 e. The molecule has 0 radical (unpaired) electrons. The Bertz CT molecular complexity index is 712.